The van der Waals surface area contributed by atoms with Gasteiger partial charge in [0.1, 0.15) is 0 Å². The second kappa shape index (κ2) is 6.92. The first-order chi connectivity index (χ1) is 13.8. The Balaban J connectivity index is 1.30. The number of imidazole rings is 1. The average molecular weight is 372 g/mol. The first-order valence-corrected chi connectivity index (χ1v) is 9.44. The monoisotopic (exact) mass is 372 g/mol. The molecule has 1 amide bonds. The Bertz CT molecular complexity index is 1140. The van der Waals surface area contributed by atoms with Crippen LogP contribution in [-0.2, 0) is 24.2 Å². The van der Waals surface area contributed by atoms with Crippen LogP contribution in [0.3, 0.4) is 0 Å². The Hall–Kier alpha value is -3.48. The molecule has 0 bridgehead atoms. The molecule has 1 aliphatic carbocycles. The fourth-order valence-electron chi connectivity index (χ4n) is 3.83. The summed E-state index contributed by atoms with van der Waals surface area (Å²) in [5.74, 6) is -0.0299. The Morgan fingerprint density at radius 1 is 1.14 bits per heavy atom. The number of H-pyrrole nitrogens is 1. The highest BCUT2D eigenvalue weighted by molar-refractivity contribution is 5.93. The number of carbonyl (C=O) groups is 1. The predicted octanol–water partition coefficient (Wildman–Crippen LogP) is 2.95. The van der Waals surface area contributed by atoms with Gasteiger partial charge in [-0.15, -0.1) is 0 Å². The zero-order valence-corrected chi connectivity index (χ0v) is 15.3. The van der Waals surface area contributed by atoms with E-state index in [2.05, 4.69) is 42.4 Å². The van der Waals surface area contributed by atoms with E-state index >= 15 is 0 Å². The number of rotatable bonds is 4. The average Bonchev–Trinajstić information content (AvgIpc) is 3.35. The fourth-order valence-corrected chi connectivity index (χ4v) is 3.83. The van der Waals surface area contributed by atoms with Crippen molar-refractivity contribution in [3.05, 3.63) is 71.8 Å². The van der Waals surface area contributed by atoms with Crippen LogP contribution in [0.2, 0.25) is 0 Å². The lowest BCUT2D eigenvalue weighted by Crippen LogP contribution is -2.28. The number of hydrogen-bond acceptors (Lipinski definition) is 4. The van der Waals surface area contributed by atoms with Gasteiger partial charge in [-0.25, -0.2) is 4.98 Å². The summed E-state index contributed by atoms with van der Waals surface area (Å²) in [5, 5.41) is 14.0. The molecule has 4 aromatic rings. The molecule has 0 unspecified atom stereocenters. The number of nitrogens with zero attached hydrogens (tertiary/aromatic N) is 4. The number of fused-ring (bicyclic) bond motifs is 2. The lowest BCUT2D eigenvalue weighted by molar-refractivity contribution is -0.120. The quantitative estimate of drug-likeness (QED) is 0.576. The number of nitrogens with one attached hydrogen (secondary N) is 2. The smallest absolute Gasteiger partial charge is 0.227 e. The molecule has 28 heavy (non-hydrogen) atoms. The van der Waals surface area contributed by atoms with Crippen LogP contribution in [0.15, 0.2) is 54.9 Å². The van der Waals surface area contributed by atoms with Crippen LogP contribution in [0, 0.1) is 5.92 Å². The molecular weight excluding hydrogens is 352 g/mol. The summed E-state index contributed by atoms with van der Waals surface area (Å²) < 4.78 is 2.11. The number of aromatic nitrogens is 5. The van der Waals surface area contributed by atoms with E-state index in [1.807, 2.05) is 42.7 Å². The molecule has 7 heteroatoms. The topological polar surface area (TPSA) is 88.5 Å². The van der Waals surface area contributed by atoms with Gasteiger partial charge in [-0.3, -0.25) is 4.79 Å². The van der Waals surface area contributed by atoms with Crippen molar-refractivity contribution in [1.29, 1.82) is 0 Å². The van der Waals surface area contributed by atoms with E-state index in [1.165, 1.54) is 0 Å². The molecule has 2 aromatic heterocycles. The summed E-state index contributed by atoms with van der Waals surface area (Å²) in [4.78, 5) is 17.2. The zero-order chi connectivity index (χ0) is 18.9. The third-order valence-corrected chi connectivity index (χ3v) is 5.32. The van der Waals surface area contributed by atoms with Crippen LogP contribution >= 0.6 is 0 Å². The van der Waals surface area contributed by atoms with Gasteiger partial charge in [0.15, 0.2) is 0 Å². The van der Waals surface area contributed by atoms with Crippen LogP contribution < -0.4 is 5.32 Å². The van der Waals surface area contributed by atoms with Crippen molar-refractivity contribution < 1.29 is 4.79 Å². The minimum atomic E-state index is -0.0705. The number of anilines is 1. The number of amides is 1. The number of para-hydroxylation sites is 2. The van der Waals surface area contributed by atoms with Crippen LogP contribution in [-0.4, -0.2) is 30.9 Å². The molecule has 1 aliphatic rings. The summed E-state index contributed by atoms with van der Waals surface area (Å²) in [6.45, 7) is 0.704. The molecule has 0 radical (unpaired) electrons. The van der Waals surface area contributed by atoms with Gasteiger partial charge in [0, 0.05) is 24.6 Å². The van der Waals surface area contributed by atoms with Crippen molar-refractivity contribution in [2.75, 3.05) is 5.32 Å². The predicted molar refractivity (Wildman–Crippen MR) is 106 cm³/mol. The Kier molecular flexibility index (Phi) is 4.12. The maximum atomic E-state index is 12.7. The molecule has 2 aromatic carbocycles. The first kappa shape index (κ1) is 16.7. The molecule has 7 nitrogen and oxygen atoms in total. The number of aryl methyl sites for hydroxylation is 1. The SMILES string of the molecule is O=C(Nc1cccc(Cn2cnc3ccccc32)c1)[C@H]1CCc2n[nH]nc2C1. The van der Waals surface area contributed by atoms with Gasteiger partial charge >= 0.3 is 0 Å². The van der Waals surface area contributed by atoms with Gasteiger partial charge in [0.05, 0.1) is 28.7 Å². The van der Waals surface area contributed by atoms with Crippen molar-refractivity contribution >= 4 is 22.6 Å². The molecule has 0 spiro atoms. The molecule has 0 aliphatic heterocycles. The minimum Gasteiger partial charge on any atom is -0.326 e. The van der Waals surface area contributed by atoms with Gasteiger partial charge in [0.25, 0.3) is 0 Å². The summed E-state index contributed by atoms with van der Waals surface area (Å²) >= 11 is 0. The molecule has 0 saturated heterocycles. The number of aromatic amines is 1. The Morgan fingerprint density at radius 3 is 3.00 bits per heavy atom. The van der Waals surface area contributed by atoms with E-state index in [9.17, 15) is 4.79 Å². The van der Waals surface area contributed by atoms with E-state index in [1.54, 1.807) is 0 Å². The molecule has 1 atom stereocenters. The summed E-state index contributed by atoms with van der Waals surface area (Å²) in [6, 6.07) is 16.1. The third-order valence-electron chi connectivity index (χ3n) is 5.32. The maximum absolute atomic E-state index is 12.7. The van der Waals surface area contributed by atoms with Gasteiger partial charge in [-0.1, -0.05) is 24.3 Å². The van der Waals surface area contributed by atoms with Crippen LogP contribution in [0.25, 0.3) is 11.0 Å². The lowest BCUT2D eigenvalue weighted by Gasteiger charge is -2.19. The van der Waals surface area contributed by atoms with E-state index in [4.69, 9.17) is 0 Å². The summed E-state index contributed by atoms with van der Waals surface area (Å²) in [6.07, 6.45) is 4.08. The second-order valence-corrected chi connectivity index (χ2v) is 7.21. The van der Waals surface area contributed by atoms with E-state index in [-0.39, 0.29) is 11.8 Å². The highest BCUT2D eigenvalue weighted by Crippen LogP contribution is 2.24. The fraction of sp³-hybridized carbons (Fsp3) is 0.238. The Labute approximate surface area is 161 Å². The summed E-state index contributed by atoms with van der Waals surface area (Å²) in [5.41, 5.74) is 5.91. The van der Waals surface area contributed by atoms with Gasteiger partial charge in [0.2, 0.25) is 5.91 Å². The van der Waals surface area contributed by atoms with Crippen molar-refractivity contribution in [2.24, 2.45) is 5.92 Å². The molecule has 2 N–H and O–H groups in total. The van der Waals surface area contributed by atoms with Gasteiger partial charge in [-0.05, 0) is 42.7 Å². The van der Waals surface area contributed by atoms with E-state index in [0.717, 1.165) is 46.5 Å². The lowest BCUT2D eigenvalue weighted by atomic mass is 9.89. The molecule has 140 valence electrons. The number of hydrogen-bond donors (Lipinski definition) is 2. The van der Waals surface area contributed by atoms with Gasteiger partial charge in [-0.2, -0.15) is 15.4 Å². The normalized spacial score (nSPS) is 16.1. The Morgan fingerprint density at radius 2 is 2.04 bits per heavy atom. The van der Waals surface area contributed by atoms with E-state index in [0.29, 0.717) is 13.0 Å². The van der Waals surface area contributed by atoms with Crippen LogP contribution in [0.1, 0.15) is 23.4 Å². The van der Waals surface area contributed by atoms with Crippen molar-refractivity contribution in [2.45, 2.75) is 25.8 Å². The summed E-state index contributed by atoms with van der Waals surface area (Å²) in [7, 11) is 0. The van der Waals surface area contributed by atoms with E-state index < -0.39 is 0 Å². The van der Waals surface area contributed by atoms with Crippen molar-refractivity contribution in [3.63, 3.8) is 0 Å². The molecule has 0 fully saturated rings. The standard InChI is InChI=1S/C21H20N6O/c28-21(15-8-9-17-19(11-15)25-26-24-17)23-16-5-3-4-14(10-16)12-27-13-22-18-6-1-2-7-20(18)27/h1-7,10,13,15H,8-9,11-12H2,(H,23,28)(H,24,25,26)/t15-/m0/s1. The maximum Gasteiger partial charge on any atom is 0.227 e. The van der Waals surface area contributed by atoms with Crippen LogP contribution in [0.4, 0.5) is 5.69 Å². The highest BCUT2D eigenvalue weighted by atomic mass is 16.1. The van der Waals surface area contributed by atoms with Crippen LogP contribution in [0.5, 0.6) is 0 Å². The number of benzene rings is 2. The molecule has 0 saturated carbocycles. The molecular formula is C21H20N6O. The van der Waals surface area contributed by atoms with Gasteiger partial charge < -0.3 is 9.88 Å². The largest absolute Gasteiger partial charge is 0.326 e. The highest BCUT2D eigenvalue weighted by Gasteiger charge is 2.27. The number of carbonyl (C=O) groups excluding carboxylic acids is 1. The zero-order valence-electron chi connectivity index (χ0n) is 15.3. The van der Waals surface area contributed by atoms with Crippen molar-refractivity contribution in [3.8, 4) is 0 Å². The third kappa shape index (κ3) is 3.15. The first-order valence-electron chi connectivity index (χ1n) is 9.44. The molecule has 5 rings (SSSR count). The van der Waals surface area contributed by atoms with Crippen molar-refractivity contribution in [1.82, 2.24) is 25.0 Å². The molecule has 2 heterocycles. The minimum absolute atomic E-state index is 0.0406. The second-order valence-electron chi connectivity index (χ2n) is 7.21.